The number of nitrogens with one attached hydrogen (secondary N) is 1. The average Bonchev–Trinajstić information content (AvgIpc) is 3.75. The molecule has 288 valence electrons. The molecule has 4 aromatic heterocycles. The maximum atomic E-state index is 12.3. The first kappa shape index (κ1) is 42.6. The average molecular weight is 786 g/mol. The lowest BCUT2D eigenvalue weighted by atomic mass is 10.1. The number of fused-ring (bicyclic) bond motifs is 2. The highest BCUT2D eigenvalue weighted by Crippen LogP contribution is 2.15. The Morgan fingerprint density at radius 3 is 1.56 bits per heavy atom. The molecule has 4 heterocycles. The number of hydrogen-bond donors (Lipinski definition) is 3. The number of halogens is 2. The van der Waals surface area contributed by atoms with E-state index in [9.17, 15) is 28.8 Å². The molecule has 6 aromatic rings. The molecule has 6 rings (SSSR count). The minimum absolute atomic E-state index is 0. The van der Waals surface area contributed by atoms with Gasteiger partial charge in [0.1, 0.15) is 13.1 Å². The van der Waals surface area contributed by atoms with Crippen LogP contribution in [0.15, 0.2) is 80.4 Å². The van der Waals surface area contributed by atoms with E-state index >= 15 is 0 Å². The Bertz CT molecular complexity index is 2530. The smallest absolute Gasteiger partial charge is 0.332 e. The van der Waals surface area contributed by atoms with Crippen molar-refractivity contribution >= 4 is 57.4 Å². The molecule has 0 fully saturated rings. The number of hydrogen-bond acceptors (Lipinski definition) is 9. The monoisotopic (exact) mass is 784 g/mol. The number of carboxylic acids is 1. The van der Waals surface area contributed by atoms with E-state index in [1.165, 1.54) is 59.1 Å². The molecule has 1 amide bonds. The number of aryl methyl sites for hydroxylation is 2. The van der Waals surface area contributed by atoms with E-state index in [4.69, 9.17) is 34.0 Å². The van der Waals surface area contributed by atoms with Crippen molar-refractivity contribution in [2.75, 3.05) is 13.1 Å². The molecular weight excluding hydrogens is 743 g/mol. The van der Waals surface area contributed by atoms with Crippen LogP contribution in [0.2, 0.25) is 10.0 Å². The van der Waals surface area contributed by atoms with Crippen LogP contribution < -0.4 is 33.5 Å². The molecule has 0 saturated carbocycles. The number of carbonyl (C=O) groups excluding carboxylic acids is 1. The summed E-state index contributed by atoms with van der Waals surface area (Å²) in [5.74, 6) is -1.34. The first-order valence-electron chi connectivity index (χ1n) is 16.0. The molecule has 2 aromatic carbocycles. The topological polar surface area (TPSA) is 216 Å². The lowest BCUT2D eigenvalue weighted by Crippen LogP contribution is -2.38. The van der Waals surface area contributed by atoms with Gasteiger partial charge in [-0.3, -0.25) is 37.4 Å². The van der Waals surface area contributed by atoms with E-state index in [0.717, 1.165) is 31.7 Å². The number of nitrogens with zero attached hydrogens (tertiary/aromatic N) is 8. The van der Waals surface area contributed by atoms with Gasteiger partial charge in [-0.2, -0.15) is 0 Å². The number of rotatable bonds is 9. The Kier molecular flexibility index (Phi) is 14.9. The standard InChI is InChI=1S/C17H18ClN5O3.C9H10N4O4.C8H10ClN.CH4/c1-21-15-14(16(25)22(2)17(21)26)23(10-20-15)9-13(24)19-8-7-11-5-3-4-6-12(11)18;1-11-7-6(8(16)12(2)9(11)17)13(4-10-7)3-5(14)15;9-8-4-2-1-3-7(8)5-6-10;/h3-6,10H,7-9H2,1-2H3,(H,19,24);4H,3H2,1-2H3,(H,14,15);1-4H,5-6,10H2;1H4. The Hall–Kier alpha value is -5.78. The molecule has 0 atom stereocenters. The fraction of sp³-hybridized carbons (Fsp3) is 0.314. The van der Waals surface area contributed by atoms with Gasteiger partial charge in [-0.15, -0.1) is 0 Å². The molecule has 0 aliphatic heterocycles. The van der Waals surface area contributed by atoms with E-state index < -0.39 is 28.5 Å². The van der Waals surface area contributed by atoms with Crippen LogP contribution in [0.25, 0.3) is 22.3 Å². The van der Waals surface area contributed by atoms with E-state index in [2.05, 4.69) is 15.3 Å². The van der Waals surface area contributed by atoms with Crippen LogP contribution >= 0.6 is 23.2 Å². The fourth-order valence-corrected chi connectivity index (χ4v) is 5.74. The minimum Gasteiger partial charge on any atom is -0.480 e. The van der Waals surface area contributed by atoms with Crippen molar-refractivity contribution in [3.8, 4) is 0 Å². The summed E-state index contributed by atoms with van der Waals surface area (Å²) in [6, 6.07) is 15.2. The van der Waals surface area contributed by atoms with E-state index in [1.807, 2.05) is 42.5 Å². The highest BCUT2D eigenvalue weighted by Gasteiger charge is 2.17. The van der Waals surface area contributed by atoms with Crippen LogP contribution in [-0.2, 0) is 63.7 Å². The van der Waals surface area contributed by atoms with Gasteiger partial charge < -0.3 is 25.3 Å². The van der Waals surface area contributed by atoms with Crippen molar-refractivity contribution in [3.63, 3.8) is 0 Å². The molecule has 0 unspecified atom stereocenters. The number of aromatic nitrogens is 8. The van der Waals surface area contributed by atoms with Gasteiger partial charge in [-0.1, -0.05) is 67.0 Å². The largest absolute Gasteiger partial charge is 0.480 e. The number of carboxylic acid groups (broad SMARTS) is 1. The molecule has 54 heavy (non-hydrogen) atoms. The Morgan fingerprint density at radius 2 is 1.13 bits per heavy atom. The summed E-state index contributed by atoms with van der Waals surface area (Å²) >= 11 is 11.9. The van der Waals surface area contributed by atoms with Crippen LogP contribution in [-0.4, -0.2) is 67.4 Å². The molecule has 17 nitrogen and oxygen atoms in total. The van der Waals surface area contributed by atoms with Gasteiger partial charge in [-0.05, 0) is 42.6 Å². The van der Waals surface area contributed by atoms with Gasteiger partial charge in [0.15, 0.2) is 22.3 Å². The molecular formula is C35H42Cl2N10O7. The van der Waals surface area contributed by atoms with Crippen molar-refractivity contribution in [3.05, 3.63) is 124 Å². The number of nitrogens with two attached hydrogens (primary N) is 1. The zero-order valence-corrected chi connectivity index (χ0v) is 30.8. The predicted octanol–water partition coefficient (Wildman–Crippen LogP) is 1.44. The van der Waals surface area contributed by atoms with Crippen molar-refractivity contribution in [1.82, 2.24) is 42.7 Å². The van der Waals surface area contributed by atoms with Crippen molar-refractivity contribution in [1.29, 1.82) is 0 Å². The van der Waals surface area contributed by atoms with Gasteiger partial charge in [0.05, 0.1) is 12.7 Å². The SMILES string of the molecule is C.Cn1c(=O)c2c(ncn2CC(=O)NCCc2ccccc2Cl)n(C)c1=O.Cn1c(=O)c2c(ncn2CC(=O)O)n(C)c1=O.NCCc1ccccc1Cl. The highest BCUT2D eigenvalue weighted by molar-refractivity contribution is 6.31. The van der Waals surface area contributed by atoms with Gasteiger partial charge in [0, 0.05) is 44.8 Å². The lowest BCUT2D eigenvalue weighted by Gasteiger charge is -2.08. The van der Waals surface area contributed by atoms with Crippen LogP contribution in [0.1, 0.15) is 18.6 Å². The first-order chi connectivity index (χ1) is 25.2. The third kappa shape index (κ3) is 9.60. The van der Waals surface area contributed by atoms with Crippen LogP contribution in [0.5, 0.6) is 0 Å². The third-order valence-electron chi connectivity index (χ3n) is 8.10. The number of amides is 1. The zero-order valence-electron chi connectivity index (χ0n) is 29.3. The number of carbonyl (C=O) groups is 2. The Labute approximate surface area is 318 Å². The second kappa shape index (κ2) is 18.8. The normalized spacial score (nSPS) is 10.6. The third-order valence-corrected chi connectivity index (χ3v) is 8.84. The molecule has 4 N–H and O–H groups in total. The fourth-order valence-electron chi connectivity index (χ4n) is 5.28. The van der Waals surface area contributed by atoms with E-state index in [-0.39, 0.29) is 48.8 Å². The van der Waals surface area contributed by atoms with Gasteiger partial charge in [0.2, 0.25) is 5.91 Å². The van der Waals surface area contributed by atoms with Crippen molar-refractivity contribution in [2.45, 2.75) is 33.4 Å². The highest BCUT2D eigenvalue weighted by atomic mass is 35.5. The predicted molar refractivity (Wildman–Crippen MR) is 207 cm³/mol. The molecule has 0 aliphatic rings. The van der Waals surface area contributed by atoms with Gasteiger partial charge >= 0.3 is 17.3 Å². The molecule has 0 aliphatic carbocycles. The quantitative estimate of drug-likeness (QED) is 0.192. The van der Waals surface area contributed by atoms with Gasteiger partial charge in [0.25, 0.3) is 11.1 Å². The first-order valence-corrected chi connectivity index (χ1v) is 16.8. The summed E-state index contributed by atoms with van der Waals surface area (Å²) < 4.78 is 7.05. The summed E-state index contributed by atoms with van der Waals surface area (Å²) in [6.07, 6.45) is 4.09. The molecule has 19 heteroatoms. The summed E-state index contributed by atoms with van der Waals surface area (Å²) in [6.45, 7) is 0.645. The molecule has 0 radical (unpaired) electrons. The minimum atomic E-state index is -1.08. The molecule has 0 bridgehead atoms. The van der Waals surface area contributed by atoms with Crippen molar-refractivity contribution in [2.24, 2.45) is 33.9 Å². The number of benzene rings is 2. The summed E-state index contributed by atoms with van der Waals surface area (Å²) in [5.41, 5.74) is 6.22. The summed E-state index contributed by atoms with van der Waals surface area (Å²) in [5, 5.41) is 13.0. The Balaban J connectivity index is 0.000000240. The van der Waals surface area contributed by atoms with Crippen LogP contribution in [0.4, 0.5) is 0 Å². The summed E-state index contributed by atoms with van der Waals surface area (Å²) in [4.78, 5) is 78.5. The molecule has 0 spiro atoms. The second-order valence-corrected chi connectivity index (χ2v) is 12.5. The maximum absolute atomic E-state index is 12.3. The van der Waals surface area contributed by atoms with Gasteiger partial charge in [-0.25, -0.2) is 19.6 Å². The summed E-state index contributed by atoms with van der Waals surface area (Å²) in [7, 11) is 5.74. The zero-order chi connectivity index (χ0) is 39.0. The number of aliphatic carboxylic acids is 1. The molecule has 0 saturated heterocycles. The Morgan fingerprint density at radius 1 is 0.704 bits per heavy atom. The second-order valence-electron chi connectivity index (χ2n) is 11.7. The van der Waals surface area contributed by atoms with Crippen LogP contribution in [0, 0.1) is 0 Å². The lowest BCUT2D eigenvalue weighted by molar-refractivity contribution is -0.137. The van der Waals surface area contributed by atoms with Crippen LogP contribution in [0.3, 0.4) is 0 Å². The van der Waals surface area contributed by atoms with E-state index in [1.54, 1.807) is 6.07 Å². The number of imidazole rings is 2. The maximum Gasteiger partial charge on any atom is 0.332 e. The van der Waals surface area contributed by atoms with E-state index in [0.29, 0.717) is 24.5 Å². The van der Waals surface area contributed by atoms with Crippen molar-refractivity contribution < 1.29 is 14.7 Å².